The lowest BCUT2D eigenvalue weighted by atomic mass is 10.1. The molecule has 2 heterocycles. The van der Waals surface area contributed by atoms with E-state index in [1.807, 2.05) is 0 Å². The smallest absolute Gasteiger partial charge is 0.348 e. The highest BCUT2D eigenvalue weighted by atomic mass is 19.4. The number of fused-ring (bicyclic) bond motifs is 1. The van der Waals surface area contributed by atoms with Crippen molar-refractivity contribution >= 4 is 17.0 Å². The standard InChI is InChI=1S/C17H18F3N5O/c1-9-13-14(21-16(24(3)4)22-15(13)26)25(23-9)10(2)11-5-7-12(8-6-11)17(18,19)20/h5-8,10H,1-4H3,(H,21,22,26). The predicted molar refractivity (Wildman–Crippen MR) is 92.5 cm³/mol. The molecule has 26 heavy (non-hydrogen) atoms. The van der Waals surface area contributed by atoms with E-state index in [0.29, 0.717) is 28.2 Å². The maximum absolute atomic E-state index is 12.7. The molecule has 1 aromatic carbocycles. The predicted octanol–water partition coefficient (Wildman–Crippen LogP) is 3.12. The second-order valence-electron chi connectivity index (χ2n) is 6.31. The minimum absolute atomic E-state index is 0.304. The maximum Gasteiger partial charge on any atom is 0.416 e. The van der Waals surface area contributed by atoms with Crippen LogP contribution in [-0.2, 0) is 6.18 Å². The van der Waals surface area contributed by atoms with E-state index < -0.39 is 17.8 Å². The molecular formula is C17H18F3N5O. The summed E-state index contributed by atoms with van der Waals surface area (Å²) in [7, 11) is 3.49. The molecule has 1 unspecified atom stereocenters. The SMILES string of the molecule is Cc1nn(C(C)c2ccc(C(F)(F)F)cc2)c2nc(N(C)C)[nH]c(=O)c12. The van der Waals surface area contributed by atoms with Crippen LogP contribution < -0.4 is 10.5 Å². The first-order valence-electron chi connectivity index (χ1n) is 7.93. The third kappa shape index (κ3) is 3.04. The van der Waals surface area contributed by atoms with Crippen LogP contribution in [-0.4, -0.2) is 33.8 Å². The van der Waals surface area contributed by atoms with Gasteiger partial charge in [-0.25, -0.2) is 4.68 Å². The van der Waals surface area contributed by atoms with Gasteiger partial charge in [0.1, 0.15) is 5.39 Å². The summed E-state index contributed by atoms with van der Waals surface area (Å²) in [6, 6.07) is 4.51. The molecule has 0 aliphatic carbocycles. The van der Waals surface area contributed by atoms with Crippen LogP contribution in [0.4, 0.5) is 19.1 Å². The van der Waals surface area contributed by atoms with Crippen molar-refractivity contribution in [2.24, 2.45) is 0 Å². The average Bonchev–Trinajstić information content (AvgIpc) is 2.90. The van der Waals surface area contributed by atoms with E-state index in [9.17, 15) is 18.0 Å². The van der Waals surface area contributed by atoms with Crippen molar-refractivity contribution in [3.63, 3.8) is 0 Å². The molecule has 2 aromatic heterocycles. The molecule has 0 saturated carbocycles. The van der Waals surface area contributed by atoms with E-state index >= 15 is 0 Å². The molecule has 0 aliphatic rings. The number of rotatable bonds is 3. The first-order valence-corrected chi connectivity index (χ1v) is 7.93. The average molecular weight is 365 g/mol. The summed E-state index contributed by atoms with van der Waals surface area (Å²) in [5, 5.41) is 4.76. The third-order valence-electron chi connectivity index (χ3n) is 4.24. The second-order valence-corrected chi connectivity index (χ2v) is 6.31. The van der Waals surface area contributed by atoms with E-state index in [4.69, 9.17) is 0 Å². The number of nitrogens with one attached hydrogen (secondary N) is 1. The quantitative estimate of drug-likeness (QED) is 0.774. The van der Waals surface area contributed by atoms with Crippen LogP contribution in [0.15, 0.2) is 29.1 Å². The van der Waals surface area contributed by atoms with Crippen LogP contribution in [0.2, 0.25) is 0 Å². The molecule has 3 aromatic rings. The minimum Gasteiger partial charge on any atom is -0.348 e. The Morgan fingerprint density at radius 2 is 1.81 bits per heavy atom. The zero-order valence-electron chi connectivity index (χ0n) is 14.7. The summed E-state index contributed by atoms with van der Waals surface area (Å²) in [5.41, 5.74) is 0.525. The lowest BCUT2D eigenvalue weighted by Gasteiger charge is -2.16. The van der Waals surface area contributed by atoms with E-state index in [1.165, 1.54) is 12.1 Å². The Labute approximate surface area is 147 Å². The van der Waals surface area contributed by atoms with Crippen molar-refractivity contribution in [1.29, 1.82) is 0 Å². The molecule has 0 amide bonds. The van der Waals surface area contributed by atoms with Gasteiger partial charge in [-0.3, -0.25) is 9.78 Å². The van der Waals surface area contributed by atoms with E-state index in [2.05, 4.69) is 15.1 Å². The van der Waals surface area contributed by atoms with Gasteiger partial charge in [0.25, 0.3) is 5.56 Å². The zero-order chi connectivity index (χ0) is 19.2. The van der Waals surface area contributed by atoms with Gasteiger partial charge < -0.3 is 4.90 Å². The monoisotopic (exact) mass is 365 g/mol. The highest BCUT2D eigenvalue weighted by Crippen LogP contribution is 2.31. The Bertz CT molecular complexity index is 1000. The summed E-state index contributed by atoms with van der Waals surface area (Å²) < 4.78 is 39.8. The Morgan fingerprint density at radius 1 is 1.19 bits per heavy atom. The normalized spacial score (nSPS) is 13.2. The Kier molecular flexibility index (Phi) is 4.25. The lowest BCUT2D eigenvalue weighted by molar-refractivity contribution is -0.137. The molecule has 3 rings (SSSR count). The Morgan fingerprint density at radius 3 is 2.35 bits per heavy atom. The number of hydrogen-bond donors (Lipinski definition) is 1. The van der Waals surface area contributed by atoms with Crippen molar-refractivity contribution in [2.45, 2.75) is 26.1 Å². The largest absolute Gasteiger partial charge is 0.416 e. The zero-order valence-corrected chi connectivity index (χ0v) is 14.7. The first-order chi connectivity index (χ1) is 12.1. The molecule has 1 atom stereocenters. The number of aromatic nitrogens is 4. The number of hydrogen-bond acceptors (Lipinski definition) is 4. The van der Waals surface area contributed by atoms with Gasteiger partial charge in [-0.2, -0.15) is 23.3 Å². The Hall–Kier alpha value is -2.84. The summed E-state index contributed by atoms with van der Waals surface area (Å²) in [5.74, 6) is 0.378. The first kappa shape index (κ1) is 18.0. The third-order valence-corrected chi connectivity index (χ3v) is 4.24. The lowest BCUT2D eigenvalue weighted by Crippen LogP contribution is -2.20. The van der Waals surface area contributed by atoms with Crippen molar-refractivity contribution in [3.8, 4) is 0 Å². The fourth-order valence-electron chi connectivity index (χ4n) is 2.77. The van der Waals surface area contributed by atoms with Crippen LogP contribution in [0.1, 0.15) is 29.8 Å². The molecular weight excluding hydrogens is 347 g/mol. The molecule has 0 radical (unpaired) electrons. The number of aryl methyl sites for hydroxylation is 1. The minimum atomic E-state index is -4.38. The number of nitrogens with zero attached hydrogens (tertiary/aromatic N) is 4. The molecule has 9 heteroatoms. The van der Waals surface area contributed by atoms with Crippen molar-refractivity contribution < 1.29 is 13.2 Å². The topological polar surface area (TPSA) is 66.8 Å². The fraction of sp³-hybridized carbons (Fsp3) is 0.353. The van der Waals surface area contributed by atoms with Crippen LogP contribution in [0.25, 0.3) is 11.0 Å². The number of benzene rings is 1. The number of H-pyrrole nitrogens is 1. The molecule has 0 fully saturated rings. The van der Waals surface area contributed by atoms with E-state index in [1.54, 1.807) is 37.5 Å². The van der Waals surface area contributed by atoms with Crippen molar-refractivity contribution in [1.82, 2.24) is 19.7 Å². The van der Waals surface area contributed by atoms with Crippen LogP contribution in [0.5, 0.6) is 0 Å². The van der Waals surface area contributed by atoms with E-state index in [0.717, 1.165) is 12.1 Å². The second kappa shape index (κ2) is 6.15. The summed E-state index contributed by atoms with van der Waals surface area (Å²) in [6.45, 7) is 3.50. The highest BCUT2D eigenvalue weighted by molar-refractivity contribution is 5.78. The fourth-order valence-corrected chi connectivity index (χ4v) is 2.77. The molecule has 0 saturated heterocycles. The molecule has 6 nitrogen and oxygen atoms in total. The van der Waals surface area contributed by atoms with Gasteiger partial charge in [0.15, 0.2) is 5.65 Å². The number of anilines is 1. The molecule has 1 N–H and O–H groups in total. The van der Waals surface area contributed by atoms with Gasteiger partial charge in [0.2, 0.25) is 5.95 Å². The van der Waals surface area contributed by atoms with Gasteiger partial charge in [-0.1, -0.05) is 12.1 Å². The van der Waals surface area contributed by atoms with Crippen LogP contribution in [0, 0.1) is 6.92 Å². The Balaban J connectivity index is 2.11. The van der Waals surface area contributed by atoms with E-state index in [-0.39, 0.29) is 5.56 Å². The highest BCUT2D eigenvalue weighted by Gasteiger charge is 2.30. The summed E-state index contributed by atoms with van der Waals surface area (Å²) in [6.07, 6.45) is -4.38. The van der Waals surface area contributed by atoms with Gasteiger partial charge in [0, 0.05) is 14.1 Å². The number of alkyl halides is 3. The maximum atomic E-state index is 12.7. The molecule has 0 spiro atoms. The number of halogens is 3. The molecule has 0 aliphatic heterocycles. The van der Waals surface area contributed by atoms with Crippen LogP contribution >= 0.6 is 0 Å². The van der Waals surface area contributed by atoms with Crippen molar-refractivity contribution in [3.05, 3.63) is 51.4 Å². The van der Waals surface area contributed by atoms with Gasteiger partial charge in [0.05, 0.1) is 17.3 Å². The summed E-state index contributed by atoms with van der Waals surface area (Å²) in [4.78, 5) is 21.2. The van der Waals surface area contributed by atoms with Crippen LogP contribution in [0.3, 0.4) is 0 Å². The number of aromatic amines is 1. The van der Waals surface area contributed by atoms with Gasteiger partial charge in [-0.15, -0.1) is 0 Å². The van der Waals surface area contributed by atoms with Gasteiger partial charge in [-0.05, 0) is 31.5 Å². The molecule has 138 valence electrons. The van der Waals surface area contributed by atoms with Gasteiger partial charge >= 0.3 is 6.18 Å². The molecule has 0 bridgehead atoms. The summed E-state index contributed by atoms with van der Waals surface area (Å²) >= 11 is 0. The van der Waals surface area contributed by atoms with Crippen molar-refractivity contribution in [2.75, 3.05) is 19.0 Å².